The van der Waals surface area contributed by atoms with Crippen LogP contribution in [-0.2, 0) is 4.74 Å². The Hall–Kier alpha value is -0.710. The van der Waals surface area contributed by atoms with Crippen molar-refractivity contribution in [2.24, 2.45) is 5.92 Å². The van der Waals surface area contributed by atoms with Crippen LogP contribution >= 0.6 is 23.2 Å². The first kappa shape index (κ1) is 15.3. The number of hydrogen-bond donors (Lipinski definition) is 2. The second-order valence-corrected chi connectivity index (χ2v) is 5.21. The monoisotopic (exact) mass is 292 g/mol. The van der Waals surface area contributed by atoms with Crippen molar-refractivity contribution in [2.75, 3.05) is 19.8 Å². The number of rotatable bonds is 7. The summed E-state index contributed by atoms with van der Waals surface area (Å²) in [6.07, 6.45) is 0.778. The highest BCUT2D eigenvalue weighted by Crippen LogP contribution is 2.21. The molecule has 1 amide bonds. The average Bonchev–Trinajstić information content (AvgIpc) is 2.63. The predicted octanol–water partition coefficient (Wildman–Crippen LogP) is 3.11. The van der Waals surface area contributed by atoms with Gasteiger partial charge < -0.3 is 15.0 Å². The second-order valence-electron chi connectivity index (χ2n) is 4.42. The van der Waals surface area contributed by atoms with Crippen molar-refractivity contribution < 1.29 is 9.53 Å². The molecule has 0 aliphatic carbocycles. The summed E-state index contributed by atoms with van der Waals surface area (Å²) < 4.78 is 5.40. The van der Waals surface area contributed by atoms with Crippen molar-refractivity contribution in [3.05, 3.63) is 21.9 Å². The minimum Gasteiger partial charge on any atom is -0.381 e. The summed E-state index contributed by atoms with van der Waals surface area (Å²) in [6, 6.07) is 1.51. The molecule has 1 aromatic rings. The van der Waals surface area contributed by atoms with Crippen molar-refractivity contribution in [1.29, 1.82) is 0 Å². The van der Waals surface area contributed by atoms with E-state index >= 15 is 0 Å². The number of carbonyl (C=O) groups excluding carboxylic acids is 1. The third kappa shape index (κ3) is 5.29. The molecule has 0 saturated carbocycles. The summed E-state index contributed by atoms with van der Waals surface area (Å²) >= 11 is 11.5. The van der Waals surface area contributed by atoms with Gasteiger partial charge in [-0.25, -0.2) is 0 Å². The molecule has 2 N–H and O–H groups in total. The highest BCUT2D eigenvalue weighted by Gasteiger charge is 2.10. The Morgan fingerprint density at radius 1 is 1.50 bits per heavy atom. The zero-order valence-corrected chi connectivity index (χ0v) is 12.1. The largest absolute Gasteiger partial charge is 0.381 e. The molecule has 0 aliphatic heterocycles. The number of aromatic amines is 1. The van der Waals surface area contributed by atoms with Gasteiger partial charge in [0.15, 0.2) is 0 Å². The molecule has 0 atom stereocenters. The normalized spacial score (nSPS) is 10.9. The van der Waals surface area contributed by atoms with Crippen LogP contribution in [0.5, 0.6) is 0 Å². The van der Waals surface area contributed by atoms with Gasteiger partial charge in [-0.2, -0.15) is 0 Å². The molecule has 0 unspecified atom stereocenters. The molecular formula is C12H18Cl2N2O2. The molecule has 1 heterocycles. The van der Waals surface area contributed by atoms with Crippen LogP contribution in [0.4, 0.5) is 0 Å². The summed E-state index contributed by atoms with van der Waals surface area (Å²) in [5.74, 6) is 0.315. The van der Waals surface area contributed by atoms with E-state index in [0.29, 0.717) is 29.8 Å². The second kappa shape index (κ2) is 7.67. The van der Waals surface area contributed by atoms with Gasteiger partial charge in [-0.05, 0) is 18.4 Å². The number of ether oxygens (including phenoxy) is 1. The number of hydrogen-bond acceptors (Lipinski definition) is 2. The van der Waals surface area contributed by atoms with E-state index in [1.165, 1.54) is 6.07 Å². The molecule has 1 rings (SSSR count). The predicted molar refractivity (Wildman–Crippen MR) is 73.4 cm³/mol. The van der Waals surface area contributed by atoms with Crippen LogP contribution in [0.3, 0.4) is 0 Å². The van der Waals surface area contributed by atoms with Crippen LogP contribution in [-0.4, -0.2) is 30.6 Å². The lowest BCUT2D eigenvalue weighted by atomic mass is 10.2. The summed E-state index contributed by atoms with van der Waals surface area (Å²) in [7, 11) is 0. The van der Waals surface area contributed by atoms with Crippen molar-refractivity contribution >= 4 is 29.1 Å². The Bertz CT molecular complexity index is 372. The van der Waals surface area contributed by atoms with Gasteiger partial charge in [0, 0.05) is 19.8 Å². The number of nitrogens with one attached hydrogen (secondary N) is 2. The molecule has 18 heavy (non-hydrogen) atoms. The lowest BCUT2D eigenvalue weighted by Crippen LogP contribution is -2.25. The third-order valence-electron chi connectivity index (χ3n) is 2.17. The summed E-state index contributed by atoms with van der Waals surface area (Å²) in [4.78, 5) is 14.4. The highest BCUT2D eigenvalue weighted by atomic mass is 35.5. The number of halogens is 2. The Morgan fingerprint density at radius 2 is 2.22 bits per heavy atom. The van der Waals surface area contributed by atoms with E-state index in [4.69, 9.17) is 27.9 Å². The Balaban J connectivity index is 2.18. The van der Waals surface area contributed by atoms with Crippen LogP contribution in [0, 0.1) is 5.92 Å². The first-order valence-corrected chi connectivity index (χ1v) is 6.66. The van der Waals surface area contributed by atoms with Crippen molar-refractivity contribution in [2.45, 2.75) is 20.3 Å². The van der Waals surface area contributed by atoms with Gasteiger partial charge in [-0.1, -0.05) is 37.0 Å². The molecule has 6 heteroatoms. The van der Waals surface area contributed by atoms with E-state index in [1.54, 1.807) is 0 Å². The molecule has 102 valence electrons. The van der Waals surface area contributed by atoms with E-state index < -0.39 is 0 Å². The standard InChI is InChI=1S/C12H18Cl2N2O2/c1-8(2)7-18-5-3-4-15-12(17)10-6-9(13)11(14)16-10/h6,8,16H,3-5,7H2,1-2H3,(H,15,17). The maximum Gasteiger partial charge on any atom is 0.267 e. The lowest BCUT2D eigenvalue weighted by Gasteiger charge is -2.07. The smallest absolute Gasteiger partial charge is 0.267 e. The van der Waals surface area contributed by atoms with Crippen LogP contribution < -0.4 is 5.32 Å². The average molecular weight is 293 g/mol. The van der Waals surface area contributed by atoms with E-state index in [-0.39, 0.29) is 11.1 Å². The zero-order valence-electron chi connectivity index (χ0n) is 10.6. The Labute approximate surface area is 117 Å². The fraction of sp³-hybridized carbons (Fsp3) is 0.583. The highest BCUT2D eigenvalue weighted by molar-refractivity contribution is 6.41. The SMILES string of the molecule is CC(C)COCCCNC(=O)c1cc(Cl)c(Cl)[nH]1. The van der Waals surface area contributed by atoms with Gasteiger partial charge in [-0.15, -0.1) is 0 Å². The Morgan fingerprint density at radius 3 is 2.78 bits per heavy atom. The molecule has 0 aromatic carbocycles. The van der Waals surface area contributed by atoms with Gasteiger partial charge in [0.25, 0.3) is 5.91 Å². The van der Waals surface area contributed by atoms with E-state index in [2.05, 4.69) is 24.1 Å². The summed E-state index contributed by atoms with van der Waals surface area (Å²) in [5.41, 5.74) is 0.369. The first-order chi connectivity index (χ1) is 8.50. The molecule has 4 nitrogen and oxygen atoms in total. The van der Waals surface area contributed by atoms with E-state index in [9.17, 15) is 4.79 Å². The topological polar surface area (TPSA) is 54.1 Å². The van der Waals surface area contributed by atoms with E-state index in [1.807, 2.05) is 0 Å². The van der Waals surface area contributed by atoms with Crippen LogP contribution in [0.25, 0.3) is 0 Å². The maximum atomic E-state index is 11.7. The maximum absolute atomic E-state index is 11.7. The van der Waals surface area contributed by atoms with Crippen LogP contribution in [0.2, 0.25) is 10.2 Å². The molecule has 0 fully saturated rings. The quantitative estimate of drug-likeness (QED) is 0.759. The van der Waals surface area contributed by atoms with Gasteiger partial charge >= 0.3 is 0 Å². The molecular weight excluding hydrogens is 275 g/mol. The minimum absolute atomic E-state index is 0.215. The Kier molecular flexibility index (Phi) is 6.54. The molecule has 0 radical (unpaired) electrons. The summed E-state index contributed by atoms with van der Waals surface area (Å²) in [5, 5.41) is 3.39. The fourth-order valence-corrected chi connectivity index (χ4v) is 1.63. The van der Waals surface area contributed by atoms with Gasteiger partial charge in [0.05, 0.1) is 5.02 Å². The van der Waals surface area contributed by atoms with Gasteiger partial charge in [-0.3, -0.25) is 4.79 Å². The van der Waals surface area contributed by atoms with E-state index in [0.717, 1.165) is 13.0 Å². The number of carbonyl (C=O) groups is 1. The molecule has 0 saturated heterocycles. The van der Waals surface area contributed by atoms with Crippen molar-refractivity contribution in [3.63, 3.8) is 0 Å². The molecule has 0 spiro atoms. The van der Waals surface area contributed by atoms with Crippen molar-refractivity contribution in [3.8, 4) is 0 Å². The fourth-order valence-electron chi connectivity index (χ4n) is 1.32. The molecule has 0 aliphatic rings. The lowest BCUT2D eigenvalue weighted by molar-refractivity contribution is 0.0921. The third-order valence-corrected chi connectivity index (χ3v) is 2.86. The van der Waals surface area contributed by atoms with Gasteiger partial charge in [0.1, 0.15) is 10.8 Å². The van der Waals surface area contributed by atoms with Crippen LogP contribution in [0.15, 0.2) is 6.07 Å². The zero-order chi connectivity index (χ0) is 13.5. The number of H-pyrrole nitrogens is 1. The van der Waals surface area contributed by atoms with Crippen LogP contribution in [0.1, 0.15) is 30.8 Å². The molecule has 1 aromatic heterocycles. The summed E-state index contributed by atoms with van der Waals surface area (Å²) in [6.45, 7) is 6.15. The first-order valence-electron chi connectivity index (χ1n) is 5.90. The number of aromatic nitrogens is 1. The number of amides is 1. The minimum atomic E-state index is -0.215. The molecule has 0 bridgehead atoms. The van der Waals surface area contributed by atoms with Crippen molar-refractivity contribution in [1.82, 2.24) is 10.3 Å². The van der Waals surface area contributed by atoms with Gasteiger partial charge in [0.2, 0.25) is 0 Å².